The Morgan fingerprint density at radius 1 is 1.07 bits per heavy atom. The predicted molar refractivity (Wildman–Crippen MR) is 102 cm³/mol. The highest BCUT2D eigenvalue weighted by atomic mass is 16.6. The monoisotopic (exact) mass is 381 g/mol. The molecule has 0 saturated heterocycles. The van der Waals surface area contributed by atoms with E-state index in [9.17, 15) is 24.5 Å². The van der Waals surface area contributed by atoms with Crippen molar-refractivity contribution in [3.05, 3.63) is 69.3 Å². The number of amides is 3. The second-order valence-corrected chi connectivity index (χ2v) is 6.96. The Labute approximate surface area is 161 Å². The van der Waals surface area contributed by atoms with E-state index in [4.69, 9.17) is 0 Å². The van der Waals surface area contributed by atoms with E-state index in [0.717, 1.165) is 4.90 Å². The van der Waals surface area contributed by atoms with Gasteiger partial charge in [0, 0.05) is 12.1 Å². The average molecular weight is 381 g/mol. The minimum Gasteiger partial charge on any atom is -0.324 e. The van der Waals surface area contributed by atoms with E-state index >= 15 is 0 Å². The second kappa shape index (κ2) is 7.22. The fourth-order valence-corrected chi connectivity index (χ4v) is 3.24. The number of aryl methyl sites for hydroxylation is 1. The van der Waals surface area contributed by atoms with Crippen LogP contribution < -0.4 is 5.32 Å². The zero-order valence-electron chi connectivity index (χ0n) is 15.6. The molecule has 0 aliphatic carbocycles. The molecular weight excluding hydrogens is 362 g/mol. The van der Waals surface area contributed by atoms with Crippen LogP contribution in [0, 0.1) is 23.0 Å². The Morgan fingerprint density at radius 2 is 1.64 bits per heavy atom. The molecule has 144 valence electrons. The van der Waals surface area contributed by atoms with Crippen molar-refractivity contribution in [2.45, 2.75) is 26.8 Å². The molecule has 1 unspecified atom stereocenters. The number of nitrogens with zero attached hydrogens (tertiary/aromatic N) is 2. The third-order valence-electron chi connectivity index (χ3n) is 4.69. The average Bonchev–Trinajstić information content (AvgIpc) is 2.89. The van der Waals surface area contributed by atoms with Crippen LogP contribution in [0.5, 0.6) is 0 Å². The number of benzene rings is 2. The lowest BCUT2D eigenvalue weighted by molar-refractivity contribution is -0.384. The van der Waals surface area contributed by atoms with E-state index in [1.165, 1.54) is 18.2 Å². The van der Waals surface area contributed by atoms with Crippen molar-refractivity contribution in [3.8, 4) is 0 Å². The predicted octanol–water partition coefficient (Wildman–Crippen LogP) is 3.16. The van der Waals surface area contributed by atoms with Crippen LogP contribution in [-0.2, 0) is 4.79 Å². The lowest BCUT2D eigenvalue weighted by Crippen LogP contribution is -2.50. The first-order chi connectivity index (χ1) is 13.2. The number of anilines is 1. The molecule has 0 bridgehead atoms. The van der Waals surface area contributed by atoms with Crippen LogP contribution in [0.2, 0.25) is 0 Å². The number of carbonyl (C=O) groups excluding carboxylic acids is 3. The highest BCUT2D eigenvalue weighted by Crippen LogP contribution is 2.29. The molecule has 8 heteroatoms. The fraction of sp³-hybridized carbons (Fsp3) is 0.250. The van der Waals surface area contributed by atoms with E-state index in [-0.39, 0.29) is 28.4 Å². The third-order valence-corrected chi connectivity index (χ3v) is 4.69. The van der Waals surface area contributed by atoms with Crippen LogP contribution in [0.25, 0.3) is 0 Å². The first-order valence-corrected chi connectivity index (χ1v) is 8.75. The lowest BCUT2D eigenvalue weighted by Gasteiger charge is -2.28. The molecule has 1 aliphatic heterocycles. The molecule has 0 spiro atoms. The number of nitrogens with one attached hydrogen (secondary N) is 1. The number of hydrogen-bond acceptors (Lipinski definition) is 5. The summed E-state index contributed by atoms with van der Waals surface area (Å²) in [6, 6.07) is 9.49. The van der Waals surface area contributed by atoms with Gasteiger partial charge in [-0.15, -0.1) is 0 Å². The van der Waals surface area contributed by atoms with Gasteiger partial charge in [0.25, 0.3) is 17.5 Å². The summed E-state index contributed by atoms with van der Waals surface area (Å²) >= 11 is 0. The van der Waals surface area contributed by atoms with E-state index in [0.29, 0.717) is 5.56 Å². The van der Waals surface area contributed by atoms with Crippen molar-refractivity contribution < 1.29 is 19.3 Å². The van der Waals surface area contributed by atoms with Crippen molar-refractivity contribution in [2.75, 3.05) is 5.32 Å². The van der Waals surface area contributed by atoms with Gasteiger partial charge in [-0.3, -0.25) is 29.4 Å². The highest BCUT2D eigenvalue weighted by molar-refractivity contribution is 6.23. The standard InChI is InChI=1S/C20H19N3O5/c1-11(2)17(22-19(25)14-6-4-5-7-15(14)20(22)26)18(24)21-16-10-13(23(27)28)9-8-12(16)3/h4-11,17H,1-3H3,(H,21,24). The number of nitro groups is 1. The molecule has 0 radical (unpaired) electrons. The van der Waals surface area contributed by atoms with Crippen LogP contribution >= 0.6 is 0 Å². The van der Waals surface area contributed by atoms with Gasteiger partial charge in [0.2, 0.25) is 5.91 Å². The molecule has 1 heterocycles. The first-order valence-electron chi connectivity index (χ1n) is 8.75. The Kier molecular flexibility index (Phi) is 4.96. The molecule has 1 aliphatic rings. The van der Waals surface area contributed by atoms with Crippen LogP contribution in [-0.4, -0.2) is 33.6 Å². The molecule has 2 aromatic carbocycles. The molecule has 1 atom stereocenters. The minimum absolute atomic E-state index is 0.164. The van der Waals surface area contributed by atoms with Gasteiger partial charge >= 0.3 is 0 Å². The van der Waals surface area contributed by atoms with Gasteiger partial charge < -0.3 is 5.32 Å². The fourth-order valence-electron chi connectivity index (χ4n) is 3.24. The number of hydrogen-bond donors (Lipinski definition) is 1. The summed E-state index contributed by atoms with van der Waals surface area (Å²) in [5.74, 6) is -1.98. The maximum absolute atomic E-state index is 13.0. The van der Waals surface area contributed by atoms with Gasteiger partial charge in [0.15, 0.2) is 0 Å². The Bertz CT molecular complexity index is 964. The number of non-ortho nitro benzene ring substituents is 1. The molecule has 0 saturated carbocycles. The Balaban J connectivity index is 1.93. The second-order valence-electron chi connectivity index (χ2n) is 6.96. The molecule has 8 nitrogen and oxygen atoms in total. The lowest BCUT2D eigenvalue weighted by atomic mass is 10.0. The summed E-state index contributed by atoms with van der Waals surface area (Å²) in [6.07, 6.45) is 0. The van der Waals surface area contributed by atoms with Crippen LogP contribution in [0.4, 0.5) is 11.4 Å². The van der Waals surface area contributed by atoms with E-state index in [2.05, 4.69) is 5.32 Å². The molecule has 2 aromatic rings. The zero-order chi connectivity index (χ0) is 20.6. The Hall–Kier alpha value is -3.55. The number of fused-ring (bicyclic) bond motifs is 1. The summed E-state index contributed by atoms with van der Waals surface area (Å²) < 4.78 is 0. The zero-order valence-corrected chi connectivity index (χ0v) is 15.6. The van der Waals surface area contributed by atoms with Gasteiger partial charge in [0.05, 0.1) is 21.7 Å². The molecular formula is C20H19N3O5. The minimum atomic E-state index is -1.05. The van der Waals surface area contributed by atoms with Crippen molar-refractivity contribution >= 4 is 29.1 Å². The van der Waals surface area contributed by atoms with E-state index < -0.39 is 28.7 Å². The Morgan fingerprint density at radius 3 is 2.14 bits per heavy atom. The maximum atomic E-state index is 13.0. The van der Waals surface area contributed by atoms with Crippen molar-refractivity contribution in [1.29, 1.82) is 0 Å². The summed E-state index contributed by atoms with van der Waals surface area (Å²) in [7, 11) is 0. The van der Waals surface area contributed by atoms with Gasteiger partial charge in [-0.1, -0.05) is 32.0 Å². The van der Waals surface area contributed by atoms with E-state index in [1.807, 2.05) is 0 Å². The van der Waals surface area contributed by atoms with Crippen molar-refractivity contribution in [3.63, 3.8) is 0 Å². The smallest absolute Gasteiger partial charge is 0.271 e. The highest BCUT2D eigenvalue weighted by Gasteiger charge is 2.44. The van der Waals surface area contributed by atoms with Crippen molar-refractivity contribution in [2.24, 2.45) is 5.92 Å². The molecule has 0 aromatic heterocycles. The number of nitro benzene ring substituents is 1. The van der Waals surface area contributed by atoms with Crippen molar-refractivity contribution in [1.82, 2.24) is 4.90 Å². The summed E-state index contributed by atoms with van der Waals surface area (Å²) in [5.41, 5.74) is 1.25. The number of imide groups is 1. The first kappa shape index (κ1) is 19.2. The van der Waals surface area contributed by atoms with Gasteiger partial charge in [-0.25, -0.2) is 0 Å². The SMILES string of the molecule is Cc1ccc([N+](=O)[O-])cc1NC(=O)C(C(C)C)N1C(=O)c2ccccc2C1=O. The van der Waals surface area contributed by atoms with Crippen LogP contribution in [0.1, 0.15) is 40.1 Å². The molecule has 1 N–H and O–H groups in total. The summed E-state index contributed by atoms with van der Waals surface area (Å²) in [6.45, 7) is 5.16. The van der Waals surface area contributed by atoms with E-state index in [1.54, 1.807) is 45.0 Å². The molecule has 3 rings (SSSR count). The number of carbonyl (C=O) groups is 3. The summed E-state index contributed by atoms with van der Waals surface area (Å²) in [5, 5.41) is 13.7. The van der Waals surface area contributed by atoms with Gasteiger partial charge in [-0.05, 0) is 30.5 Å². The van der Waals surface area contributed by atoms with Gasteiger partial charge in [0.1, 0.15) is 6.04 Å². The molecule has 28 heavy (non-hydrogen) atoms. The summed E-state index contributed by atoms with van der Waals surface area (Å²) in [4.78, 5) is 49.9. The van der Waals surface area contributed by atoms with Crippen LogP contribution in [0.15, 0.2) is 42.5 Å². The quantitative estimate of drug-likeness (QED) is 0.486. The van der Waals surface area contributed by atoms with Gasteiger partial charge in [-0.2, -0.15) is 0 Å². The maximum Gasteiger partial charge on any atom is 0.271 e. The van der Waals surface area contributed by atoms with Crippen LogP contribution in [0.3, 0.4) is 0 Å². The third kappa shape index (κ3) is 3.24. The normalized spacial score (nSPS) is 14.2. The molecule has 0 fully saturated rings. The molecule has 3 amide bonds. The number of rotatable bonds is 5. The largest absolute Gasteiger partial charge is 0.324 e. The topological polar surface area (TPSA) is 110 Å².